The van der Waals surface area contributed by atoms with E-state index < -0.39 is 17.7 Å². The summed E-state index contributed by atoms with van der Waals surface area (Å²) in [4.78, 5) is 0. The highest BCUT2D eigenvalue weighted by atomic mass is 19.1. The van der Waals surface area contributed by atoms with E-state index in [0.717, 1.165) is 29.8 Å². The molecule has 0 spiro atoms. The molecule has 1 unspecified atom stereocenters. The summed E-state index contributed by atoms with van der Waals surface area (Å²) < 4.78 is 30.1. The number of aromatic nitrogens is 1. The summed E-state index contributed by atoms with van der Waals surface area (Å²) in [5.74, 6) is -1.11. The van der Waals surface area contributed by atoms with Gasteiger partial charge in [0.25, 0.3) is 0 Å². The summed E-state index contributed by atoms with van der Waals surface area (Å²) >= 11 is 0. The van der Waals surface area contributed by atoms with Gasteiger partial charge in [0.15, 0.2) is 5.82 Å². The van der Waals surface area contributed by atoms with Gasteiger partial charge in [0, 0.05) is 17.0 Å². The number of nitrogens with zero attached hydrogens (tertiary/aromatic N) is 1. The topological polar surface area (TPSA) is 25.2 Å². The molecule has 1 aliphatic rings. The number of benzene rings is 1. The fourth-order valence-corrected chi connectivity index (χ4v) is 3.04. The number of halogens is 2. The molecule has 1 aromatic heterocycles. The average molecular weight is 277 g/mol. The molecule has 0 saturated carbocycles. The lowest BCUT2D eigenvalue weighted by Crippen LogP contribution is -2.13. The van der Waals surface area contributed by atoms with Crippen LogP contribution in [0.2, 0.25) is 0 Å². The van der Waals surface area contributed by atoms with Crippen molar-refractivity contribution in [1.29, 1.82) is 0 Å². The standard InChI is InChI=1S/C16H17F2NO/c1-9-6-7-12(17)16(15(9)18)19-10(2)8-11-13(19)4-3-5-14(11)20/h6-8,14,20H,3-5H2,1-2H3. The lowest BCUT2D eigenvalue weighted by atomic mass is 9.95. The Hall–Kier alpha value is -1.68. The zero-order chi connectivity index (χ0) is 14.4. The number of fused-ring (bicyclic) bond motifs is 1. The quantitative estimate of drug-likeness (QED) is 0.844. The van der Waals surface area contributed by atoms with E-state index in [1.165, 1.54) is 12.1 Å². The first kappa shape index (κ1) is 13.3. The van der Waals surface area contributed by atoms with Crippen molar-refractivity contribution >= 4 is 0 Å². The summed E-state index contributed by atoms with van der Waals surface area (Å²) in [6, 6.07) is 4.56. The zero-order valence-corrected chi connectivity index (χ0v) is 11.6. The molecule has 0 fully saturated rings. The molecule has 3 rings (SSSR count). The highest BCUT2D eigenvalue weighted by Crippen LogP contribution is 2.35. The Kier molecular flexibility index (Phi) is 3.13. The van der Waals surface area contributed by atoms with Crippen molar-refractivity contribution in [1.82, 2.24) is 4.57 Å². The lowest BCUT2D eigenvalue weighted by molar-refractivity contribution is 0.156. The van der Waals surface area contributed by atoms with Crippen molar-refractivity contribution < 1.29 is 13.9 Å². The number of aryl methyl sites for hydroxylation is 2. The Morgan fingerprint density at radius 1 is 1.25 bits per heavy atom. The first-order valence-corrected chi connectivity index (χ1v) is 6.85. The van der Waals surface area contributed by atoms with Crippen LogP contribution < -0.4 is 0 Å². The van der Waals surface area contributed by atoms with Gasteiger partial charge in [-0.1, -0.05) is 6.07 Å². The second-order valence-electron chi connectivity index (χ2n) is 5.46. The summed E-state index contributed by atoms with van der Waals surface area (Å²) in [5.41, 5.74) is 2.76. The van der Waals surface area contributed by atoms with E-state index >= 15 is 0 Å². The van der Waals surface area contributed by atoms with E-state index in [0.29, 0.717) is 12.0 Å². The van der Waals surface area contributed by atoms with Crippen LogP contribution in [0, 0.1) is 25.5 Å². The van der Waals surface area contributed by atoms with Gasteiger partial charge in [-0.3, -0.25) is 0 Å². The number of hydrogen-bond acceptors (Lipinski definition) is 1. The van der Waals surface area contributed by atoms with E-state index in [4.69, 9.17) is 0 Å². The number of rotatable bonds is 1. The normalized spacial score (nSPS) is 18.1. The number of aliphatic hydroxyl groups is 1. The van der Waals surface area contributed by atoms with Gasteiger partial charge in [-0.15, -0.1) is 0 Å². The van der Waals surface area contributed by atoms with Crippen molar-refractivity contribution in [2.75, 3.05) is 0 Å². The number of aliphatic hydroxyl groups excluding tert-OH is 1. The molecule has 0 radical (unpaired) electrons. The third kappa shape index (κ3) is 1.86. The van der Waals surface area contributed by atoms with Crippen LogP contribution in [0.25, 0.3) is 5.69 Å². The fourth-order valence-electron chi connectivity index (χ4n) is 3.04. The van der Waals surface area contributed by atoms with Crippen LogP contribution in [0.3, 0.4) is 0 Å². The van der Waals surface area contributed by atoms with Gasteiger partial charge in [-0.2, -0.15) is 0 Å². The lowest BCUT2D eigenvalue weighted by Gasteiger charge is -2.21. The Balaban J connectivity index is 2.29. The van der Waals surface area contributed by atoms with Crippen molar-refractivity contribution in [2.45, 2.75) is 39.2 Å². The molecule has 1 N–H and O–H groups in total. The molecule has 2 nitrogen and oxygen atoms in total. The summed E-state index contributed by atoms with van der Waals surface area (Å²) in [7, 11) is 0. The smallest absolute Gasteiger partial charge is 0.153 e. The first-order chi connectivity index (χ1) is 9.50. The average Bonchev–Trinajstić information content (AvgIpc) is 2.74. The molecule has 106 valence electrons. The van der Waals surface area contributed by atoms with Crippen molar-refractivity contribution in [2.24, 2.45) is 0 Å². The van der Waals surface area contributed by atoms with Gasteiger partial charge in [0.1, 0.15) is 11.5 Å². The Bertz CT molecular complexity index is 676. The first-order valence-electron chi connectivity index (χ1n) is 6.85. The van der Waals surface area contributed by atoms with Crippen molar-refractivity contribution in [3.8, 4) is 5.69 Å². The molecule has 1 atom stereocenters. The maximum absolute atomic E-state index is 14.3. The Labute approximate surface area is 116 Å². The largest absolute Gasteiger partial charge is 0.388 e. The van der Waals surface area contributed by atoms with Crippen LogP contribution in [-0.4, -0.2) is 9.67 Å². The van der Waals surface area contributed by atoms with Crippen LogP contribution in [0.4, 0.5) is 8.78 Å². The summed E-state index contributed by atoms with van der Waals surface area (Å²) in [6.45, 7) is 3.44. The molecule has 1 heterocycles. The summed E-state index contributed by atoms with van der Waals surface area (Å²) in [5, 5.41) is 10.0. The van der Waals surface area contributed by atoms with Gasteiger partial charge in [0.05, 0.1) is 6.10 Å². The van der Waals surface area contributed by atoms with Crippen molar-refractivity contribution in [3.63, 3.8) is 0 Å². The zero-order valence-electron chi connectivity index (χ0n) is 11.6. The molecule has 1 aromatic carbocycles. The van der Waals surface area contributed by atoms with Crippen LogP contribution in [-0.2, 0) is 6.42 Å². The van der Waals surface area contributed by atoms with Gasteiger partial charge >= 0.3 is 0 Å². The van der Waals surface area contributed by atoms with E-state index in [9.17, 15) is 13.9 Å². The van der Waals surface area contributed by atoms with Crippen LogP contribution in [0.5, 0.6) is 0 Å². The maximum atomic E-state index is 14.3. The highest BCUT2D eigenvalue weighted by Gasteiger charge is 2.26. The minimum atomic E-state index is -0.574. The van der Waals surface area contributed by atoms with E-state index in [-0.39, 0.29) is 5.69 Å². The molecular weight excluding hydrogens is 260 g/mol. The second-order valence-corrected chi connectivity index (χ2v) is 5.46. The molecule has 0 saturated heterocycles. The fraction of sp³-hybridized carbons (Fsp3) is 0.375. The van der Waals surface area contributed by atoms with Crippen LogP contribution in [0.15, 0.2) is 18.2 Å². The summed E-state index contributed by atoms with van der Waals surface area (Å²) in [6.07, 6.45) is 1.73. The third-order valence-corrected chi connectivity index (χ3v) is 4.05. The minimum absolute atomic E-state index is 0.0298. The van der Waals surface area contributed by atoms with Crippen LogP contribution in [0.1, 0.15) is 41.5 Å². The Morgan fingerprint density at radius 2 is 2.00 bits per heavy atom. The third-order valence-electron chi connectivity index (χ3n) is 4.05. The monoisotopic (exact) mass is 277 g/mol. The molecular formula is C16H17F2NO. The molecule has 20 heavy (non-hydrogen) atoms. The number of hydrogen-bond donors (Lipinski definition) is 1. The maximum Gasteiger partial charge on any atom is 0.153 e. The van der Waals surface area contributed by atoms with Gasteiger partial charge in [0.2, 0.25) is 0 Å². The second kappa shape index (κ2) is 4.70. The molecule has 2 aromatic rings. The predicted molar refractivity (Wildman–Crippen MR) is 73.1 cm³/mol. The van der Waals surface area contributed by atoms with Gasteiger partial charge in [-0.05, 0) is 50.8 Å². The molecule has 0 bridgehead atoms. The van der Waals surface area contributed by atoms with Gasteiger partial charge in [-0.25, -0.2) is 8.78 Å². The SMILES string of the molecule is Cc1ccc(F)c(-n2c(C)cc3c2CCCC3O)c1F. The van der Waals surface area contributed by atoms with Crippen LogP contribution >= 0.6 is 0 Å². The van der Waals surface area contributed by atoms with Crippen molar-refractivity contribution in [3.05, 3.63) is 52.3 Å². The van der Waals surface area contributed by atoms with E-state index in [1.54, 1.807) is 11.5 Å². The van der Waals surface area contributed by atoms with Gasteiger partial charge < -0.3 is 9.67 Å². The van der Waals surface area contributed by atoms with E-state index in [1.807, 2.05) is 13.0 Å². The molecule has 0 aliphatic heterocycles. The predicted octanol–water partition coefficient (Wildman–Crippen LogP) is 3.74. The molecule has 1 aliphatic carbocycles. The Morgan fingerprint density at radius 3 is 2.75 bits per heavy atom. The molecule has 4 heteroatoms. The highest BCUT2D eigenvalue weighted by molar-refractivity contribution is 5.46. The molecule has 0 amide bonds. The van der Waals surface area contributed by atoms with E-state index in [2.05, 4.69) is 0 Å². The minimum Gasteiger partial charge on any atom is -0.388 e.